The standard InChI is InChI=1S/C18H35N3O.ClH/c1-3-15(2)17(19)18(22)21-11-7-10-20(12-13-21)14-16-8-5-4-6-9-16;/h15-17H,3-14,19H2,1-2H3;1H. The molecule has 1 amide bonds. The van der Waals surface area contributed by atoms with E-state index >= 15 is 0 Å². The van der Waals surface area contributed by atoms with Crippen LogP contribution in [0.25, 0.3) is 0 Å². The van der Waals surface area contributed by atoms with Crippen molar-refractivity contribution in [2.45, 2.75) is 64.8 Å². The van der Waals surface area contributed by atoms with E-state index in [1.807, 2.05) is 4.90 Å². The Morgan fingerprint density at radius 1 is 1.09 bits per heavy atom. The van der Waals surface area contributed by atoms with Crippen molar-refractivity contribution < 1.29 is 4.79 Å². The first kappa shape index (κ1) is 20.7. The van der Waals surface area contributed by atoms with Crippen LogP contribution in [0.15, 0.2) is 0 Å². The zero-order chi connectivity index (χ0) is 15.9. The van der Waals surface area contributed by atoms with Gasteiger partial charge in [-0.15, -0.1) is 12.4 Å². The molecule has 1 heterocycles. The topological polar surface area (TPSA) is 49.6 Å². The smallest absolute Gasteiger partial charge is 0.239 e. The molecule has 0 radical (unpaired) electrons. The average Bonchev–Trinajstić information content (AvgIpc) is 2.79. The average molecular weight is 346 g/mol. The van der Waals surface area contributed by atoms with Gasteiger partial charge in [0.15, 0.2) is 0 Å². The van der Waals surface area contributed by atoms with E-state index < -0.39 is 0 Å². The Balaban J connectivity index is 0.00000264. The monoisotopic (exact) mass is 345 g/mol. The molecule has 2 unspecified atom stereocenters. The van der Waals surface area contributed by atoms with Crippen molar-refractivity contribution in [3.8, 4) is 0 Å². The van der Waals surface area contributed by atoms with Gasteiger partial charge in [0.05, 0.1) is 6.04 Å². The lowest BCUT2D eigenvalue weighted by Crippen LogP contribution is -2.48. The summed E-state index contributed by atoms with van der Waals surface area (Å²) in [6, 6.07) is -0.324. The minimum absolute atomic E-state index is 0. The van der Waals surface area contributed by atoms with Crippen LogP contribution in [-0.4, -0.2) is 54.5 Å². The Morgan fingerprint density at radius 3 is 2.43 bits per heavy atom. The highest BCUT2D eigenvalue weighted by Gasteiger charge is 2.27. The molecule has 1 saturated heterocycles. The number of hydrogen-bond donors (Lipinski definition) is 1. The first-order valence-electron chi connectivity index (χ1n) is 9.38. The van der Waals surface area contributed by atoms with E-state index in [0.717, 1.165) is 44.9 Å². The molecule has 0 aromatic rings. The van der Waals surface area contributed by atoms with Gasteiger partial charge in [0, 0.05) is 26.2 Å². The number of halogens is 1. The molecule has 1 aliphatic carbocycles. The van der Waals surface area contributed by atoms with Gasteiger partial charge in [0.2, 0.25) is 5.91 Å². The second-order valence-electron chi connectivity index (χ2n) is 7.39. The van der Waals surface area contributed by atoms with E-state index in [-0.39, 0.29) is 30.3 Å². The number of hydrogen-bond acceptors (Lipinski definition) is 3. The summed E-state index contributed by atoms with van der Waals surface area (Å²) in [5, 5.41) is 0. The molecule has 0 aromatic heterocycles. The second kappa shape index (κ2) is 10.5. The Kier molecular flexibility index (Phi) is 9.48. The Bertz CT molecular complexity index is 347. The van der Waals surface area contributed by atoms with Crippen LogP contribution < -0.4 is 5.73 Å². The van der Waals surface area contributed by atoms with Gasteiger partial charge < -0.3 is 15.5 Å². The molecule has 5 heteroatoms. The third-order valence-electron chi connectivity index (χ3n) is 5.68. The van der Waals surface area contributed by atoms with Gasteiger partial charge in [-0.3, -0.25) is 4.79 Å². The lowest BCUT2D eigenvalue weighted by molar-refractivity contribution is -0.133. The van der Waals surface area contributed by atoms with Crippen LogP contribution in [0.5, 0.6) is 0 Å². The summed E-state index contributed by atoms with van der Waals surface area (Å²) in [7, 11) is 0. The third-order valence-corrected chi connectivity index (χ3v) is 5.68. The SMILES string of the molecule is CCC(C)C(N)C(=O)N1CCCN(CC2CCCCC2)CC1.Cl. The normalized spacial score (nSPS) is 23.7. The van der Waals surface area contributed by atoms with Crippen LogP contribution in [0.4, 0.5) is 0 Å². The van der Waals surface area contributed by atoms with Gasteiger partial charge in [0.25, 0.3) is 0 Å². The van der Waals surface area contributed by atoms with Crippen LogP contribution in [0.3, 0.4) is 0 Å². The molecule has 136 valence electrons. The van der Waals surface area contributed by atoms with Gasteiger partial charge in [-0.1, -0.05) is 39.5 Å². The van der Waals surface area contributed by atoms with Crippen molar-refractivity contribution in [3.63, 3.8) is 0 Å². The van der Waals surface area contributed by atoms with Crippen molar-refractivity contribution in [3.05, 3.63) is 0 Å². The summed E-state index contributed by atoms with van der Waals surface area (Å²) >= 11 is 0. The zero-order valence-corrected chi connectivity index (χ0v) is 15.8. The van der Waals surface area contributed by atoms with Crippen LogP contribution >= 0.6 is 12.4 Å². The Morgan fingerprint density at radius 2 is 1.78 bits per heavy atom. The molecule has 0 spiro atoms. The summed E-state index contributed by atoms with van der Waals surface area (Å²) in [4.78, 5) is 17.1. The fraction of sp³-hybridized carbons (Fsp3) is 0.944. The molecule has 1 aliphatic heterocycles. The maximum Gasteiger partial charge on any atom is 0.239 e. The molecule has 23 heavy (non-hydrogen) atoms. The largest absolute Gasteiger partial charge is 0.340 e. The molecule has 1 saturated carbocycles. The fourth-order valence-electron chi connectivity index (χ4n) is 3.82. The highest BCUT2D eigenvalue weighted by molar-refractivity contribution is 5.85. The predicted molar refractivity (Wildman–Crippen MR) is 98.9 cm³/mol. The molecule has 2 fully saturated rings. The summed E-state index contributed by atoms with van der Waals surface area (Å²) in [6.45, 7) is 9.31. The maximum absolute atomic E-state index is 12.5. The zero-order valence-electron chi connectivity index (χ0n) is 15.0. The van der Waals surface area contributed by atoms with Crippen LogP contribution in [0, 0.1) is 11.8 Å². The summed E-state index contributed by atoms with van der Waals surface area (Å²) in [5.74, 6) is 1.32. The van der Waals surface area contributed by atoms with E-state index in [1.54, 1.807) is 0 Å². The van der Waals surface area contributed by atoms with E-state index in [9.17, 15) is 4.79 Å². The maximum atomic E-state index is 12.5. The quantitative estimate of drug-likeness (QED) is 0.833. The number of rotatable bonds is 5. The first-order valence-corrected chi connectivity index (χ1v) is 9.38. The summed E-state index contributed by atoms with van der Waals surface area (Å²) in [6.07, 6.45) is 9.10. The molecular formula is C18H36ClN3O. The number of amides is 1. The highest BCUT2D eigenvalue weighted by Crippen LogP contribution is 2.24. The Hall–Kier alpha value is -0.320. The minimum Gasteiger partial charge on any atom is -0.340 e. The molecule has 0 bridgehead atoms. The third kappa shape index (κ3) is 6.24. The second-order valence-corrected chi connectivity index (χ2v) is 7.39. The first-order chi connectivity index (χ1) is 10.6. The van der Waals surface area contributed by atoms with Crippen LogP contribution in [-0.2, 0) is 4.79 Å². The minimum atomic E-state index is -0.324. The number of nitrogens with two attached hydrogens (primary N) is 1. The van der Waals surface area contributed by atoms with Crippen molar-refractivity contribution in [1.29, 1.82) is 0 Å². The molecule has 0 aromatic carbocycles. The van der Waals surface area contributed by atoms with Crippen molar-refractivity contribution >= 4 is 18.3 Å². The number of carbonyl (C=O) groups is 1. The molecular weight excluding hydrogens is 310 g/mol. The number of nitrogens with zero attached hydrogens (tertiary/aromatic N) is 2. The van der Waals surface area contributed by atoms with Crippen molar-refractivity contribution in [2.75, 3.05) is 32.7 Å². The van der Waals surface area contributed by atoms with E-state index in [2.05, 4.69) is 18.7 Å². The number of carbonyl (C=O) groups excluding carboxylic acids is 1. The van der Waals surface area contributed by atoms with E-state index in [1.165, 1.54) is 38.6 Å². The van der Waals surface area contributed by atoms with Gasteiger partial charge in [0.1, 0.15) is 0 Å². The molecule has 2 atom stereocenters. The van der Waals surface area contributed by atoms with E-state index in [4.69, 9.17) is 5.73 Å². The predicted octanol–water partition coefficient (Wildman–Crippen LogP) is 2.90. The molecule has 2 rings (SSSR count). The lowest BCUT2D eigenvalue weighted by atomic mass is 9.89. The van der Waals surface area contributed by atoms with Gasteiger partial charge in [-0.2, -0.15) is 0 Å². The van der Waals surface area contributed by atoms with Crippen LogP contribution in [0.2, 0.25) is 0 Å². The van der Waals surface area contributed by atoms with E-state index in [0.29, 0.717) is 0 Å². The molecule has 2 aliphatic rings. The van der Waals surface area contributed by atoms with Gasteiger partial charge >= 0.3 is 0 Å². The summed E-state index contributed by atoms with van der Waals surface area (Å²) < 4.78 is 0. The highest BCUT2D eigenvalue weighted by atomic mass is 35.5. The van der Waals surface area contributed by atoms with Crippen molar-refractivity contribution in [1.82, 2.24) is 9.80 Å². The van der Waals surface area contributed by atoms with Gasteiger partial charge in [-0.05, 0) is 37.6 Å². The van der Waals surface area contributed by atoms with Gasteiger partial charge in [-0.25, -0.2) is 0 Å². The lowest BCUT2D eigenvalue weighted by Gasteiger charge is -2.29. The molecule has 4 nitrogen and oxygen atoms in total. The summed E-state index contributed by atoms with van der Waals surface area (Å²) in [5.41, 5.74) is 6.13. The fourth-order valence-corrected chi connectivity index (χ4v) is 3.82. The van der Waals surface area contributed by atoms with Crippen molar-refractivity contribution in [2.24, 2.45) is 17.6 Å². The van der Waals surface area contributed by atoms with Crippen LogP contribution in [0.1, 0.15) is 58.8 Å². The molecule has 2 N–H and O–H groups in total. The Labute approximate surface area is 148 Å².